The molecule has 230 valence electrons. The highest BCUT2D eigenvalue weighted by molar-refractivity contribution is 5.84. The number of carbonyl (C=O) groups is 1. The number of fused-ring (bicyclic) bond motifs is 2. The smallest absolute Gasteiger partial charge is 0.414 e. The zero-order chi connectivity index (χ0) is 31.3. The van der Waals surface area contributed by atoms with Crippen molar-refractivity contribution in [3.05, 3.63) is 138 Å². The van der Waals surface area contributed by atoms with E-state index in [2.05, 4.69) is 55.3 Å². The molecule has 0 aliphatic carbocycles. The first-order chi connectivity index (χ1) is 22.6. The van der Waals surface area contributed by atoms with Crippen molar-refractivity contribution in [2.45, 2.75) is 31.8 Å². The molecule has 0 fully saturated rings. The van der Waals surface area contributed by atoms with Crippen molar-refractivity contribution < 1.29 is 14.3 Å². The second kappa shape index (κ2) is 13.0. The molecule has 1 atom stereocenters. The Morgan fingerprint density at radius 1 is 0.826 bits per heavy atom. The van der Waals surface area contributed by atoms with E-state index in [4.69, 9.17) is 19.7 Å². The second-order valence-electron chi connectivity index (χ2n) is 11.1. The SMILES string of the molecule is COc1ccc(Cn2c(CCc3c[nH]c4ccccc34)nnc2[C@@H](Cc2c[nH]c3ccccc23)NC(=O)Oc2ccccn2)cc1. The van der Waals surface area contributed by atoms with Crippen LogP contribution >= 0.6 is 0 Å². The van der Waals surface area contributed by atoms with Crippen molar-refractivity contribution in [3.63, 3.8) is 0 Å². The van der Waals surface area contributed by atoms with Crippen LogP contribution in [0.4, 0.5) is 4.79 Å². The van der Waals surface area contributed by atoms with Crippen LogP contribution in [0.25, 0.3) is 21.8 Å². The highest BCUT2D eigenvalue weighted by atomic mass is 16.6. The number of ether oxygens (including phenoxy) is 2. The van der Waals surface area contributed by atoms with E-state index in [1.807, 2.05) is 54.7 Å². The number of aromatic nitrogens is 6. The van der Waals surface area contributed by atoms with Gasteiger partial charge in [-0.2, -0.15) is 0 Å². The Morgan fingerprint density at radius 2 is 1.52 bits per heavy atom. The normalized spacial score (nSPS) is 11.9. The molecule has 7 rings (SSSR count). The lowest BCUT2D eigenvalue weighted by atomic mass is 10.0. The molecule has 0 aliphatic heterocycles. The summed E-state index contributed by atoms with van der Waals surface area (Å²) in [6.45, 7) is 0.511. The van der Waals surface area contributed by atoms with Crippen molar-refractivity contribution in [1.82, 2.24) is 35.0 Å². The largest absolute Gasteiger partial charge is 0.497 e. The third-order valence-electron chi connectivity index (χ3n) is 8.19. The molecule has 0 spiro atoms. The molecule has 1 amide bonds. The number of hydrogen-bond acceptors (Lipinski definition) is 6. The number of pyridine rings is 1. The van der Waals surface area contributed by atoms with Gasteiger partial charge in [-0.25, -0.2) is 9.78 Å². The van der Waals surface area contributed by atoms with E-state index < -0.39 is 12.1 Å². The molecule has 0 bridgehead atoms. The van der Waals surface area contributed by atoms with Gasteiger partial charge < -0.3 is 29.3 Å². The highest BCUT2D eigenvalue weighted by Gasteiger charge is 2.26. The lowest BCUT2D eigenvalue weighted by molar-refractivity contribution is 0.193. The number of amides is 1. The predicted molar refractivity (Wildman–Crippen MR) is 176 cm³/mol. The van der Waals surface area contributed by atoms with E-state index in [1.165, 1.54) is 10.9 Å². The van der Waals surface area contributed by atoms with Crippen molar-refractivity contribution in [3.8, 4) is 11.6 Å². The summed E-state index contributed by atoms with van der Waals surface area (Å²) in [5.41, 5.74) is 5.43. The molecule has 3 N–H and O–H groups in total. The van der Waals surface area contributed by atoms with Gasteiger partial charge in [-0.05, 0) is 53.4 Å². The van der Waals surface area contributed by atoms with Gasteiger partial charge >= 0.3 is 6.09 Å². The number of carbonyl (C=O) groups excluding carboxylic acids is 1. The maximum Gasteiger partial charge on any atom is 0.414 e. The first-order valence-electron chi connectivity index (χ1n) is 15.2. The summed E-state index contributed by atoms with van der Waals surface area (Å²) in [4.78, 5) is 24.1. The van der Waals surface area contributed by atoms with Gasteiger partial charge in [0, 0.05) is 59.3 Å². The molecular weight excluding hydrogens is 578 g/mol. The standard InChI is InChI=1S/C36H33N7O3/c1-45-27-16-13-24(14-17-27)23-43-33(18-15-25-21-38-30-10-4-2-8-28(25)30)41-42-35(43)32(40-36(44)46-34-12-6-7-19-37-34)20-26-22-39-31-11-5-3-9-29(26)31/h2-14,16-17,19,21-22,32,38-39H,15,18,20,23H2,1H3,(H,40,44)/t32-/m1/s1. The Labute approximate surface area is 265 Å². The van der Waals surface area contributed by atoms with Gasteiger partial charge in [-0.1, -0.05) is 54.6 Å². The topological polar surface area (TPSA) is 123 Å². The van der Waals surface area contributed by atoms with E-state index in [0.29, 0.717) is 25.2 Å². The maximum absolute atomic E-state index is 13.3. The summed E-state index contributed by atoms with van der Waals surface area (Å²) >= 11 is 0. The third-order valence-corrected chi connectivity index (χ3v) is 8.19. The van der Waals surface area contributed by atoms with Crippen LogP contribution in [0, 0.1) is 0 Å². The van der Waals surface area contributed by atoms with Crippen LogP contribution in [0.2, 0.25) is 0 Å². The second-order valence-corrected chi connectivity index (χ2v) is 11.1. The summed E-state index contributed by atoms with van der Waals surface area (Å²) in [6.07, 6.45) is 6.89. The number of aromatic amines is 2. The van der Waals surface area contributed by atoms with Crippen LogP contribution in [0.5, 0.6) is 11.6 Å². The van der Waals surface area contributed by atoms with E-state index in [9.17, 15) is 4.79 Å². The molecule has 10 nitrogen and oxygen atoms in total. The molecule has 46 heavy (non-hydrogen) atoms. The van der Waals surface area contributed by atoms with Gasteiger partial charge in [0.25, 0.3) is 0 Å². The number of hydrogen-bond donors (Lipinski definition) is 3. The van der Waals surface area contributed by atoms with Gasteiger partial charge in [0.15, 0.2) is 5.82 Å². The zero-order valence-corrected chi connectivity index (χ0v) is 25.3. The summed E-state index contributed by atoms with van der Waals surface area (Å²) in [6, 6.07) is 29.0. The van der Waals surface area contributed by atoms with Gasteiger partial charge in [-0.3, -0.25) is 0 Å². The number of aryl methyl sites for hydroxylation is 2. The molecule has 4 aromatic heterocycles. The van der Waals surface area contributed by atoms with E-state index in [1.54, 1.807) is 31.5 Å². The Kier molecular flexibility index (Phi) is 8.15. The number of nitrogens with one attached hydrogen (secondary N) is 3. The van der Waals surface area contributed by atoms with Gasteiger partial charge in [0.2, 0.25) is 5.88 Å². The highest BCUT2D eigenvalue weighted by Crippen LogP contribution is 2.27. The number of rotatable bonds is 11. The monoisotopic (exact) mass is 611 g/mol. The zero-order valence-electron chi connectivity index (χ0n) is 25.3. The minimum Gasteiger partial charge on any atom is -0.497 e. The molecule has 0 aliphatic rings. The van der Waals surface area contributed by atoms with Crippen LogP contribution in [0.15, 0.2) is 110 Å². The van der Waals surface area contributed by atoms with E-state index >= 15 is 0 Å². The van der Waals surface area contributed by atoms with Crippen LogP contribution in [-0.2, 0) is 25.8 Å². The molecular formula is C36H33N7O3. The Hall–Kier alpha value is -5.90. The van der Waals surface area contributed by atoms with Gasteiger partial charge in [0.1, 0.15) is 11.6 Å². The van der Waals surface area contributed by atoms with Gasteiger partial charge in [0.05, 0.1) is 19.7 Å². The fraction of sp³-hybridized carbons (Fsp3) is 0.167. The van der Waals surface area contributed by atoms with Crippen LogP contribution in [0.1, 0.15) is 34.4 Å². The maximum atomic E-state index is 13.3. The van der Waals surface area contributed by atoms with E-state index in [0.717, 1.165) is 45.5 Å². The fourth-order valence-corrected chi connectivity index (χ4v) is 5.86. The van der Waals surface area contributed by atoms with Crippen molar-refractivity contribution >= 4 is 27.9 Å². The molecule has 4 heterocycles. The Bertz CT molecular complexity index is 2080. The lowest BCUT2D eigenvalue weighted by Crippen LogP contribution is -2.34. The van der Waals surface area contributed by atoms with Crippen LogP contribution in [0.3, 0.4) is 0 Å². The summed E-state index contributed by atoms with van der Waals surface area (Å²) in [5, 5.41) is 14.8. The predicted octanol–water partition coefficient (Wildman–Crippen LogP) is 6.55. The Balaban J connectivity index is 1.25. The van der Waals surface area contributed by atoms with Crippen molar-refractivity contribution in [2.75, 3.05) is 7.11 Å². The average molecular weight is 612 g/mol. The minimum absolute atomic E-state index is 0.213. The number of methoxy groups -OCH3 is 1. The fourth-order valence-electron chi connectivity index (χ4n) is 5.86. The number of para-hydroxylation sites is 2. The molecule has 0 radical (unpaired) electrons. The number of benzene rings is 3. The van der Waals surface area contributed by atoms with Crippen molar-refractivity contribution in [1.29, 1.82) is 0 Å². The first-order valence-corrected chi connectivity index (χ1v) is 15.2. The average Bonchev–Trinajstić information content (AvgIpc) is 3.81. The summed E-state index contributed by atoms with van der Waals surface area (Å²) in [7, 11) is 1.65. The van der Waals surface area contributed by atoms with Crippen LogP contribution in [-0.4, -0.2) is 42.9 Å². The minimum atomic E-state index is -0.622. The molecule has 0 saturated heterocycles. The number of H-pyrrole nitrogens is 2. The Morgan fingerprint density at radius 3 is 2.24 bits per heavy atom. The van der Waals surface area contributed by atoms with Crippen molar-refractivity contribution in [2.24, 2.45) is 0 Å². The molecule has 3 aromatic carbocycles. The molecule has 0 unspecified atom stereocenters. The van der Waals surface area contributed by atoms with Gasteiger partial charge in [-0.15, -0.1) is 10.2 Å². The summed E-state index contributed by atoms with van der Waals surface area (Å²) in [5.74, 6) is 2.45. The van der Waals surface area contributed by atoms with Crippen LogP contribution < -0.4 is 14.8 Å². The first kappa shape index (κ1) is 28.8. The quantitative estimate of drug-likeness (QED) is 0.152. The lowest BCUT2D eigenvalue weighted by Gasteiger charge is -2.20. The molecule has 0 saturated carbocycles. The third kappa shape index (κ3) is 6.18. The summed E-state index contributed by atoms with van der Waals surface area (Å²) < 4.78 is 13.1. The van der Waals surface area contributed by atoms with E-state index in [-0.39, 0.29) is 5.88 Å². The number of nitrogens with zero attached hydrogens (tertiary/aromatic N) is 4. The molecule has 7 aromatic rings. The molecule has 10 heteroatoms.